The summed E-state index contributed by atoms with van der Waals surface area (Å²) in [5.74, 6) is -0.593. The van der Waals surface area contributed by atoms with Gasteiger partial charge in [-0.25, -0.2) is 0 Å². The number of hydrogen-bond acceptors (Lipinski definition) is 4. The molecule has 6 heteroatoms. The Kier molecular flexibility index (Phi) is 5.12. The van der Waals surface area contributed by atoms with Gasteiger partial charge in [-0.3, -0.25) is 14.5 Å². The monoisotopic (exact) mass is 465 g/mol. The van der Waals surface area contributed by atoms with Gasteiger partial charge in [0.15, 0.2) is 0 Å². The summed E-state index contributed by atoms with van der Waals surface area (Å²) in [5, 5.41) is 11.1. The number of benzene rings is 2. The molecule has 0 spiro atoms. The first-order chi connectivity index (χ1) is 14.3. The van der Waals surface area contributed by atoms with Crippen LogP contribution in [0.4, 0.5) is 5.69 Å². The van der Waals surface area contributed by atoms with Crippen molar-refractivity contribution in [1.29, 1.82) is 0 Å². The van der Waals surface area contributed by atoms with Gasteiger partial charge in [0.2, 0.25) is 0 Å². The smallest absolute Gasteiger partial charge is 0.300 e. The molecule has 1 aliphatic rings. The van der Waals surface area contributed by atoms with Gasteiger partial charge in [0.25, 0.3) is 11.7 Å². The lowest BCUT2D eigenvalue weighted by Crippen LogP contribution is -2.29. The fourth-order valence-corrected chi connectivity index (χ4v) is 3.94. The molecule has 1 N–H and O–H groups in total. The maximum Gasteiger partial charge on any atom is 0.300 e. The Balaban J connectivity index is 1.95. The summed E-state index contributed by atoms with van der Waals surface area (Å²) < 4.78 is 6.69. The van der Waals surface area contributed by atoms with E-state index in [9.17, 15) is 14.7 Å². The zero-order chi connectivity index (χ0) is 21.6. The van der Waals surface area contributed by atoms with E-state index in [-0.39, 0.29) is 11.3 Å². The highest BCUT2D eigenvalue weighted by Crippen LogP contribution is 2.43. The van der Waals surface area contributed by atoms with Gasteiger partial charge in [0.1, 0.15) is 23.3 Å². The fourth-order valence-electron chi connectivity index (χ4n) is 3.69. The normalized spacial score (nSPS) is 18.3. The molecule has 1 unspecified atom stereocenters. The zero-order valence-corrected chi connectivity index (χ0v) is 18.4. The maximum absolute atomic E-state index is 13.1. The predicted molar refractivity (Wildman–Crippen MR) is 118 cm³/mol. The molecule has 1 aliphatic heterocycles. The molecule has 2 heterocycles. The van der Waals surface area contributed by atoms with Crippen LogP contribution in [0.15, 0.2) is 69.1 Å². The van der Waals surface area contributed by atoms with Crippen LogP contribution in [0.5, 0.6) is 0 Å². The van der Waals surface area contributed by atoms with Crippen molar-refractivity contribution in [1.82, 2.24) is 0 Å². The zero-order valence-electron chi connectivity index (χ0n) is 16.8. The Morgan fingerprint density at radius 1 is 1.03 bits per heavy atom. The van der Waals surface area contributed by atoms with Gasteiger partial charge < -0.3 is 9.52 Å². The van der Waals surface area contributed by atoms with Crippen molar-refractivity contribution in [3.8, 4) is 0 Å². The maximum atomic E-state index is 13.1. The van der Waals surface area contributed by atoms with E-state index < -0.39 is 17.7 Å². The molecular weight excluding hydrogens is 446 g/mol. The minimum absolute atomic E-state index is 0.0116. The van der Waals surface area contributed by atoms with Gasteiger partial charge in [-0.05, 0) is 68.3 Å². The van der Waals surface area contributed by atoms with E-state index in [1.165, 1.54) is 4.90 Å². The minimum Gasteiger partial charge on any atom is -0.507 e. The number of rotatable bonds is 3. The number of ketones is 1. The van der Waals surface area contributed by atoms with Crippen molar-refractivity contribution in [2.24, 2.45) is 0 Å². The van der Waals surface area contributed by atoms with E-state index in [1.807, 2.05) is 32.0 Å². The number of aryl methyl sites for hydroxylation is 3. The van der Waals surface area contributed by atoms with Crippen LogP contribution < -0.4 is 4.90 Å². The molecule has 1 aromatic heterocycles. The third kappa shape index (κ3) is 3.37. The average molecular weight is 466 g/mol. The molecule has 1 amide bonds. The quantitative estimate of drug-likeness (QED) is 0.310. The van der Waals surface area contributed by atoms with Gasteiger partial charge in [-0.1, -0.05) is 34.1 Å². The molecule has 30 heavy (non-hydrogen) atoms. The summed E-state index contributed by atoms with van der Waals surface area (Å²) in [6, 6.07) is 15.3. The summed E-state index contributed by atoms with van der Waals surface area (Å²) in [7, 11) is 0. The summed E-state index contributed by atoms with van der Waals surface area (Å²) >= 11 is 3.44. The minimum atomic E-state index is -0.857. The second kappa shape index (κ2) is 7.61. The molecular formula is C24H20BrNO4. The van der Waals surface area contributed by atoms with Crippen LogP contribution in [-0.4, -0.2) is 16.8 Å². The standard InChI is InChI=1S/C24H20BrNO4/c1-13-5-4-6-17(11-13)26-21(19-10-7-15(3)30-19)20(23(28)24(26)29)22(27)16-8-9-18(25)14(2)12-16/h4-12,21,27H,1-3H3/b22-20-. The fraction of sp³-hybridized carbons (Fsp3) is 0.167. The van der Waals surface area contributed by atoms with Gasteiger partial charge in [0, 0.05) is 15.7 Å². The number of Topliss-reactive ketones (excluding diaryl/α,β-unsaturated/α-hetero) is 1. The van der Waals surface area contributed by atoms with Crippen molar-refractivity contribution >= 4 is 39.1 Å². The highest BCUT2D eigenvalue weighted by Gasteiger charge is 2.48. The number of amides is 1. The molecule has 5 nitrogen and oxygen atoms in total. The number of aliphatic hydroxyl groups is 1. The third-order valence-corrected chi connectivity index (χ3v) is 6.08. The first-order valence-electron chi connectivity index (χ1n) is 9.48. The Morgan fingerprint density at radius 2 is 1.80 bits per heavy atom. The van der Waals surface area contributed by atoms with Crippen molar-refractivity contribution in [2.75, 3.05) is 4.90 Å². The molecule has 2 aromatic carbocycles. The van der Waals surface area contributed by atoms with Crippen LogP contribution in [0.2, 0.25) is 0 Å². The number of furan rings is 1. The SMILES string of the molecule is Cc1cccc(N2C(=O)C(=O)/C(=C(\O)c3ccc(Br)c(C)c3)C2c2ccc(C)o2)c1. The first-order valence-corrected chi connectivity index (χ1v) is 10.3. The molecule has 1 fully saturated rings. The number of carbonyl (C=O) groups is 2. The molecule has 0 saturated carbocycles. The second-order valence-corrected chi connectivity index (χ2v) is 8.27. The predicted octanol–water partition coefficient (Wildman–Crippen LogP) is 5.59. The van der Waals surface area contributed by atoms with E-state index in [1.54, 1.807) is 43.3 Å². The number of hydrogen-bond donors (Lipinski definition) is 1. The Morgan fingerprint density at radius 3 is 2.43 bits per heavy atom. The van der Waals surface area contributed by atoms with Crippen LogP contribution in [0, 0.1) is 20.8 Å². The van der Waals surface area contributed by atoms with Crippen molar-refractivity contribution < 1.29 is 19.1 Å². The molecule has 1 atom stereocenters. The Bertz CT molecular complexity index is 1210. The van der Waals surface area contributed by atoms with Gasteiger partial charge in [-0.2, -0.15) is 0 Å². The van der Waals surface area contributed by atoms with Crippen LogP contribution in [0.25, 0.3) is 5.76 Å². The van der Waals surface area contributed by atoms with Crippen molar-refractivity contribution in [2.45, 2.75) is 26.8 Å². The van der Waals surface area contributed by atoms with E-state index in [0.717, 1.165) is 15.6 Å². The molecule has 0 radical (unpaired) electrons. The third-order valence-electron chi connectivity index (χ3n) is 5.19. The summed E-state index contributed by atoms with van der Waals surface area (Å²) in [5.41, 5.74) is 2.90. The molecule has 152 valence electrons. The molecule has 4 rings (SSSR count). The van der Waals surface area contributed by atoms with Crippen LogP contribution in [0.1, 0.15) is 34.3 Å². The van der Waals surface area contributed by atoms with Crippen molar-refractivity contribution in [3.63, 3.8) is 0 Å². The van der Waals surface area contributed by atoms with E-state index in [0.29, 0.717) is 22.8 Å². The number of carbonyl (C=O) groups excluding carboxylic acids is 2. The average Bonchev–Trinajstić information content (AvgIpc) is 3.25. The van der Waals surface area contributed by atoms with Gasteiger partial charge in [0.05, 0.1) is 5.57 Å². The molecule has 0 bridgehead atoms. The van der Waals surface area contributed by atoms with Crippen molar-refractivity contribution in [3.05, 3.63) is 92.9 Å². The van der Waals surface area contributed by atoms with E-state index >= 15 is 0 Å². The summed E-state index contributed by atoms with van der Waals surface area (Å²) in [6.07, 6.45) is 0. The number of halogens is 1. The summed E-state index contributed by atoms with van der Waals surface area (Å²) in [4.78, 5) is 27.5. The van der Waals surface area contributed by atoms with Gasteiger partial charge in [-0.15, -0.1) is 0 Å². The van der Waals surface area contributed by atoms with Crippen LogP contribution in [-0.2, 0) is 9.59 Å². The largest absolute Gasteiger partial charge is 0.507 e. The topological polar surface area (TPSA) is 70.8 Å². The van der Waals surface area contributed by atoms with E-state index in [2.05, 4.69) is 15.9 Å². The van der Waals surface area contributed by atoms with E-state index in [4.69, 9.17) is 4.42 Å². The van der Waals surface area contributed by atoms with Crippen LogP contribution >= 0.6 is 15.9 Å². The first kappa shape index (κ1) is 20.2. The molecule has 1 saturated heterocycles. The highest BCUT2D eigenvalue weighted by atomic mass is 79.9. The Hall–Kier alpha value is -3.12. The summed E-state index contributed by atoms with van der Waals surface area (Å²) in [6.45, 7) is 5.59. The highest BCUT2D eigenvalue weighted by molar-refractivity contribution is 9.10. The number of nitrogens with zero attached hydrogens (tertiary/aromatic N) is 1. The Labute approximate surface area is 182 Å². The number of aliphatic hydroxyl groups excluding tert-OH is 1. The van der Waals surface area contributed by atoms with Gasteiger partial charge >= 0.3 is 0 Å². The number of anilines is 1. The van der Waals surface area contributed by atoms with Crippen LogP contribution in [0.3, 0.4) is 0 Å². The lowest BCUT2D eigenvalue weighted by molar-refractivity contribution is -0.132. The lowest BCUT2D eigenvalue weighted by Gasteiger charge is -2.23. The second-order valence-electron chi connectivity index (χ2n) is 7.42. The molecule has 0 aliphatic carbocycles. The lowest BCUT2D eigenvalue weighted by atomic mass is 9.98. The molecule has 3 aromatic rings.